The van der Waals surface area contributed by atoms with Crippen LogP contribution in [0.5, 0.6) is 0 Å². The number of nitrogens with one attached hydrogen (secondary N) is 1. The number of nitrogen functional groups attached to an aromatic ring is 1. The lowest BCUT2D eigenvalue weighted by atomic mass is 9.99. The molecule has 0 aliphatic rings. The molecule has 1 atom stereocenters. The monoisotopic (exact) mass is 242 g/mol. The molecule has 3 N–H and O–H groups in total. The number of hydrogen-bond donors (Lipinski definition) is 2. The van der Waals surface area contributed by atoms with Crippen molar-refractivity contribution >= 4 is 5.82 Å². The lowest BCUT2D eigenvalue weighted by Gasteiger charge is -2.19. The molecule has 2 heterocycles. The van der Waals surface area contributed by atoms with Crippen LogP contribution in [0.1, 0.15) is 29.8 Å². The zero-order valence-corrected chi connectivity index (χ0v) is 10.7. The number of hydrogen-bond acceptors (Lipinski definition) is 4. The molecule has 0 saturated carbocycles. The Balaban J connectivity index is 2.49. The van der Waals surface area contributed by atoms with Gasteiger partial charge in [-0.15, -0.1) is 0 Å². The van der Waals surface area contributed by atoms with Crippen LogP contribution in [0.2, 0.25) is 0 Å². The number of nitrogens with zero attached hydrogens (tertiary/aromatic N) is 2. The molecule has 0 fully saturated rings. The lowest BCUT2D eigenvalue weighted by Crippen LogP contribution is -2.22. The van der Waals surface area contributed by atoms with E-state index in [1.54, 1.807) is 6.20 Å². The standard InChI is InChI=1S/C14H18N4/c1-3-10-6-4-8-17-12(10)13(16-2)11-7-5-9-18-14(11)15/h4-9,13,16H,3H2,1-2H3,(H2,15,18). The first-order chi connectivity index (χ1) is 8.77. The second-order valence-electron chi connectivity index (χ2n) is 4.10. The summed E-state index contributed by atoms with van der Waals surface area (Å²) in [6.07, 6.45) is 4.46. The highest BCUT2D eigenvalue weighted by atomic mass is 14.9. The molecule has 0 amide bonds. The molecule has 0 spiro atoms. The van der Waals surface area contributed by atoms with Crippen LogP contribution in [0.25, 0.3) is 0 Å². The second kappa shape index (κ2) is 5.60. The fourth-order valence-electron chi connectivity index (χ4n) is 2.12. The van der Waals surface area contributed by atoms with Gasteiger partial charge in [0.25, 0.3) is 0 Å². The third-order valence-electron chi connectivity index (χ3n) is 3.05. The van der Waals surface area contributed by atoms with Crippen molar-refractivity contribution in [2.45, 2.75) is 19.4 Å². The average molecular weight is 242 g/mol. The quantitative estimate of drug-likeness (QED) is 0.860. The summed E-state index contributed by atoms with van der Waals surface area (Å²) in [6, 6.07) is 7.91. The minimum atomic E-state index is -0.0187. The Morgan fingerprint density at radius 2 is 1.94 bits per heavy atom. The van der Waals surface area contributed by atoms with Gasteiger partial charge in [-0.2, -0.15) is 0 Å². The number of anilines is 1. The van der Waals surface area contributed by atoms with Crippen LogP contribution in [-0.2, 0) is 6.42 Å². The smallest absolute Gasteiger partial charge is 0.128 e. The summed E-state index contributed by atoms with van der Waals surface area (Å²) in [5.74, 6) is 0.546. The van der Waals surface area contributed by atoms with E-state index in [4.69, 9.17) is 5.73 Å². The van der Waals surface area contributed by atoms with Gasteiger partial charge < -0.3 is 11.1 Å². The van der Waals surface area contributed by atoms with Gasteiger partial charge in [-0.05, 0) is 31.2 Å². The molecule has 2 aromatic heterocycles. The van der Waals surface area contributed by atoms with Crippen molar-refractivity contribution in [3.63, 3.8) is 0 Å². The van der Waals surface area contributed by atoms with Crippen LogP contribution in [0.4, 0.5) is 5.82 Å². The molecule has 2 aromatic rings. The largest absolute Gasteiger partial charge is 0.383 e. The highest BCUT2D eigenvalue weighted by Crippen LogP contribution is 2.26. The molecular weight excluding hydrogens is 224 g/mol. The molecule has 4 nitrogen and oxygen atoms in total. The zero-order chi connectivity index (χ0) is 13.0. The molecule has 18 heavy (non-hydrogen) atoms. The van der Waals surface area contributed by atoms with Gasteiger partial charge in [-0.3, -0.25) is 4.98 Å². The van der Waals surface area contributed by atoms with Crippen LogP contribution in [0.15, 0.2) is 36.7 Å². The van der Waals surface area contributed by atoms with Gasteiger partial charge >= 0.3 is 0 Å². The van der Waals surface area contributed by atoms with Crippen LogP contribution in [0.3, 0.4) is 0 Å². The Labute approximate surface area is 107 Å². The van der Waals surface area contributed by atoms with Crippen molar-refractivity contribution in [2.24, 2.45) is 0 Å². The van der Waals surface area contributed by atoms with E-state index in [0.29, 0.717) is 5.82 Å². The fraction of sp³-hybridized carbons (Fsp3) is 0.286. The predicted octanol–water partition coefficient (Wildman–Crippen LogP) is 1.93. The van der Waals surface area contributed by atoms with Crippen molar-refractivity contribution in [2.75, 3.05) is 12.8 Å². The summed E-state index contributed by atoms with van der Waals surface area (Å²) in [5.41, 5.74) is 9.15. The molecular formula is C14H18N4. The molecule has 2 rings (SSSR count). The average Bonchev–Trinajstić information content (AvgIpc) is 2.42. The first-order valence-corrected chi connectivity index (χ1v) is 6.09. The molecule has 0 radical (unpaired) electrons. The maximum Gasteiger partial charge on any atom is 0.128 e. The predicted molar refractivity (Wildman–Crippen MR) is 73.2 cm³/mol. The Bertz CT molecular complexity index is 525. The summed E-state index contributed by atoms with van der Waals surface area (Å²) < 4.78 is 0. The van der Waals surface area contributed by atoms with Crippen LogP contribution >= 0.6 is 0 Å². The summed E-state index contributed by atoms with van der Waals surface area (Å²) in [5, 5.41) is 3.27. The molecule has 0 bridgehead atoms. The van der Waals surface area contributed by atoms with Crippen LogP contribution < -0.4 is 11.1 Å². The van der Waals surface area contributed by atoms with Crippen molar-refractivity contribution in [1.82, 2.24) is 15.3 Å². The van der Waals surface area contributed by atoms with Gasteiger partial charge in [-0.25, -0.2) is 4.98 Å². The third kappa shape index (κ3) is 2.33. The van der Waals surface area contributed by atoms with Gasteiger partial charge in [0.05, 0.1) is 11.7 Å². The fourth-order valence-corrected chi connectivity index (χ4v) is 2.12. The normalized spacial score (nSPS) is 12.3. The highest BCUT2D eigenvalue weighted by molar-refractivity contribution is 5.45. The number of pyridine rings is 2. The number of aromatic nitrogens is 2. The molecule has 1 unspecified atom stereocenters. The summed E-state index contributed by atoms with van der Waals surface area (Å²) >= 11 is 0. The van der Waals surface area contributed by atoms with Gasteiger partial charge in [-0.1, -0.05) is 19.1 Å². The summed E-state index contributed by atoms with van der Waals surface area (Å²) in [4.78, 5) is 8.63. The maximum atomic E-state index is 5.95. The van der Waals surface area contributed by atoms with Gasteiger partial charge in [0.1, 0.15) is 5.82 Å². The van der Waals surface area contributed by atoms with Crippen LogP contribution in [0, 0.1) is 0 Å². The van der Waals surface area contributed by atoms with E-state index in [9.17, 15) is 0 Å². The van der Waals surface area contributed by atoms with Crippen molar-refractivity contribution in [3.8, 4) is 0 Å². The van der Waals surface area contributed by atoms with E-state index in [-0.39, 0.29) is 6.04 Å². The first kappa shape index (κ1) is 12.5. The SMILES string of the molecule is CCc1cccnc1C(NC)c1cccnc1N. The van der Waals surface area contributed by atoms with E-state index >= 15 is 0 Å². The zero-order valence-electron chi connectivity index (χ0n) is 10.7. The van der Waals surface area contributed by atoms with E-state index in [2.05, 4.69) is 28.3 Å². The van der Waals surface area contributed by atoms with Crippen molar-refractivity contribution < 1.29 is 0 Å². The Morgan fingerprint density at radius 3 is 2.61 bits per heavy atom. The van der Waals surface area contributed by atoms with E-state index in [1.807, 2.05) is 31.4 Å². The topological polar surface area (TPSA) is 63.8 Å². The lowest BCUT2D eigenvalue weighted by molar-refractivity contribution is 0.662. The number of rotatable bonds is 4. The molecule has 0 aromatic carbocycles. The van der Waals surface area contributed by atoms with E-state index in [1.165, 1.54) is 5.56 Å². The summed E-state index contributed by atoms with van der Waals surface area (Å²) in [6.45, 7) is 2.12. The summed E-state index contributed by atoms with van der Waals surface area (Å²) in [7, 11) is 1.91. The Morgan fingerprint density at radius 1 is 1.22 bits per heavy atom. The van der Waals surface area contributed by atoms with E-state index in [0.717, 1.165) is 17.7 Å². The first-order valence-electron chi connectivity index (χ1n) is 6.09. The Hall–Kier alpha value is -1.94. The van der Waals surface area contributed by atoms with Crippen molar-refractivity contribution in [3.05, 3.63) is 53.5 Å². The molecule has 94 valence electrons. The molecule has 0 aliphatic carbocycles. The maximum absolute atomic E-state index is 5.95. The van der Waals surface area contributed by atoms with Gasteiger partial charge in [0.2, 0.25) is 0 Å². The minimum Gasteiger partial charge on any atom is -0.383 e. The van der Waals surface area contributed by atoms with Gasteiger partial charge in [0.15, 0.2) is 0 Å². The highest BCUT2D eigenvalue weighted by Gasteiger charge is 2.18. The number of nitrogens with two attached hydrogens (primary N) is 1. The third-order valence-corrected chi connectivity index (χ3v) is 3.05. The van der Waals surface area contributed by atoms with Crippen LogP contribution in [-0.4, -0.2) is 17.0 Å². The second-order valence-corrected chi connectivity index (χ2v) is 4.10. The molecule has 4 heteroatoms. The number of aryl methyl sites for hydroxylation is 1. The Kier molecular flexibility index (Phi) is 3.89. The molecule has 0 saturated heterocycles. The molecule has 0 aliphatic heterocycles. The minimum absolute atomic E-state index is 0.0187. The van der Waals surface area contributed by atoms with E-state index < -0.39 is 0 Å². The van der Waals surface area contributed by atoms with Crippen molar-refractivity contribution in [1.29, 1.82) is 0 Å². The van der Waals surface area contributed by atoms with Gasteiger partial charge in [0, 0.05) is 18.0 Å².